The predicted octanol–water partition coefficient (Wildman–Crippen LogP) is 2.03. The topological polar surface area (TPSA) is 102 Å². The number of nitrogens with zero attached hydrogens (tertiary/aromatic N) is 1. The first-order valence-corrected chi connectivity index (χ1v) is 11.0. The monoisotopic (exact) mass is 468 g/mol. The Hall–Kier alpha value is -2.32. The van der Waals surface area contributed by atoms with Gasteiger partial charge in [-0.2, -0.15) is 0 Å². The summed E-state index contributed by atoms with van der Waals surface area (Å²) in [5.41, 5.74) is 0.449. The Morgan fingerprint density at radius 3 is 2.32 bits per heavy atom. The van der Waals surface area contributed by atoms with Crippen molar-refractivity contribution in [3.63, 3.8) is 0 Å². The molecule has 8 nitrogen and oxygen atoms in total. The summed E-state index contributed by atoms with van der Waals surface area (Å²) in [5, 5.41) is 1.88. The number of carbonyl (C=O) groups is 4. The maximum atomic E-state index is 12.8. The van der Waals surface area contributed by atoms with E-state index in [0.29, 0.717) is 24.5 Å². The molecular formula is C21H22Cl2N2O6. The van der Waals surface area contributed by atoms with E-state index in [0.717, 1.165) is 4.90 Å². The third-order valence-electron chi connectivity index (χ3n) is 6.19. The Bertz CT molecular complexity index is 893. The number of fused-ring (bicyclic) bond motifs is 5. The molecule has 0 unspecified atom stereocenters. The van der Waals surface area contributed by atoms with Gasteiger partial charge >= 0.3 is 5.97 Å². The zero-order chi connectivity index (χ0) is 22.3. The molecule has 1 aromatic carbocycles. The van der Waals surface area contributed by atoms with Crippen molar-refractivity contribution in [2.24, 2.45) is 23.7 Å². The van der Waals surface area contributed by atoms with E-state index in [2.05, 4.69) is 5.32 Å². The fourth-order valence-corrected chi connectivity index (χ4v) is 5.82. The van der Waals surface area contributed by atoms with Crippen molar-refractivity contribution in [2.45, 2.75) is 24.1 Å². The van der Waals surface area contributed by atoms with Gasteiger partial charge < -0.3 is 14.8 Å². The number of anilines is 1. The number of esters is 1. The molecule has 166 valence electrons. The third-order valence-corrected chi connectivity index (χ3v) is 7.51. The second-order valence-electron chi connectivity index (χ2n) is 7.90. The molecule has 4 rings (SSSR count). The molecule has 0 spiro atoms. The fourth-order valence-electron chi connectivity index (χ4n) is 4.92. The Labute approximate surface area is 189 Å². The lowest BCUT2D eigenvalue weighted by atomic mass is 9.80. The van der Waals surface area contributed by atoms with Crippen LogP contribution in [0.3, 0.4) is 0 Å². The highest BCUT2D eigenvalue weighted by Gasteiger charge is 2.66. The van der Waals surface area contributed by atoms with Crippen molar-refractivity contribution in [3.8, 4) is 5.75 Å². The number of imide groups is 1. The predicted molar refractivity (Wildman–Crippen MR) is 112 cm³/mol. The molecule has 3 aliphatic rings. The SMILES string of the molecule is CCOc1ccccc1NC(=O)COC(=O)CN1C(=O)[C@@H]2[C@H]3C[C@@H]([C@H](Cl)[C@@H]3Cl)[C@@H]2C1=O. The average molecular weight is 469 g/mol. The molecule has 31 heavy (non-hydrogen) atoms. The van der Waals surface area contributed by atoms with Crippen LogP contribution in [0.5, 0.6) is 5.75 Å². The van der Waals surface area contributed by atoms with Crippen LogP contribution in [0.4, 0.5) is 5.69 Å². The van der Waals surface area contributed by atoms with E-state index in [9.17, 15) is 19.2 Å². The quantitative estimate of drug-likeness (QED) is 0.373. The average Bonchev–Trinajstić information content (AvgIpc) is 3.35. The minimum Gasteiger partial charge on any atom is -0.492 e. The zero-order valence-corrected chi connectivity index (χ0v) is 18.3. The molecule has 2 saturated carbocycles. The highest BCUT2D eigenvalue weighted by molar-refractivity contribution is 6.31. The maximum absolute atomic E-state index is 12.8. The lowest BCUT2D eigenvalue weighted by molar-refractivity contribution is -0.154. The number of alkyl halides is 2. The van der Waals surface area contributed by atoms with Crippen molar-refractivity contribution < 1.29 is 28.7 Å². The van der Waals surface area contributed by atoms with E-state index in [-0.39, 0.29) is 22.6 Å². The van der Waals surface area contributed by atoms with E-state index in [4.69, 9.17) is 32.7 Å². The van der Waals surface area contributed by atoms with E-state index in [1.165, 1.54) is 0 Å². The highest BCUT2D eigenvalue weighted by Crippen LogP contribution is 2.59. The minimum atomic E-state index is -0.841. The summed E-state index contributed by atoms with van der Waals surface area (Å²) < 4.78 is 10.4. The van der Waals surface area contributed by atoms with Crippen molar-refractivity contribution in [3.05, 3.63) is 24.3 Å². The van der Waals surface area contributed by atoms with Crippen LogP contribution in [0.25, 0.3) is 0 Å². The lowest BCUT2D eigenvalue weighted by Gasteiger charge is -2.28. The lowest BCUT2D eigenvalue weighted by Crippen LogP contribution is -2.38. The molecule has 6 atom stereocenters. The Kier molecular flexibility index (Phi) is 6.12. The van der Waals surface area contributed by atoms with Crippen LogP contribution in [-0.4, -0.2) is 59.1 Å². The van der Waals surface area contributed by atoms with Crippen LogP contribution >= 0.6 is 23.2 Å². The number of hydrogen-bond acceptors (Lipinski definition) is 6. The summed E-state index contributed by atoms with van der Waals surface area (Å²) in [5.74, 6) is -3.11. The van der Waals surface area contributed by atoms with Gasteiger partial charge in [0.25, 0.3) is 5.91 Å². The van der Waals surface area contributed by atoms with Crippen LogP contribution in [0.15, 0.2) is 24.3 Å². The van der Waals surface area contributed by atoms with Gasteiger partial charge in [-0.25, -0.2) is 0 Å². The number of amides is 3. The van der Waals surface area contributed by atoms with Crippen molar-refractivity contribution in [1.82, 2.24) is 4.90 Å². The van der Waals surface area contributed by atoms with E-state index in [1.54, 1.807) is 24.3 Å². The van der Waals surface area contributed by atoms with E-state index >= 15 is 0 Å². The molecular weight excluding hydrogens is 447 g/mol. The molecule has 2 aliphatic carbocycles. The first-order valence-electron chi connectivity index (χ1n) is 10.1. The van der Waals surface area contributed by atoms with Gasteiger partial charge in [-0.05, 0) is 37.3 Å². The van der Waals surface area contributed by atoms with Gasteiger partial charge in [-0.15, -0.1) is 23.2 Å². The maximum Gasteiger partial charge on any atom is 0.326 e. The number of para-hydroxylation sites is 2. The van der Waals surface area contributed by atoms with Gasteiger partial charge in [0.15, 0.2) is 6.61 Å². The molecule has 1 saturated heterocycles. The number of ether oxygens (including phenoxy) is 2. The van der Waals surface area contributed by atoms with Gasteiger partial charge in [-0.3, -0.25) is 24.1 Å². The standard InChI is InChI=1S/C21H22Cl2N2O6/c1-2-30-13-6-4-3-5-12(13)24-14(26)9-31-15(27)8-25-20(28)16-10-7-11(17(16)21(25)29)19(23)18(10)22/h3-6,10-11,16-19H,2,7-9H2,1H3,(H,24,26)/t10-,11-,16-,17+,18-,19+/m1/s1. The number of halogens is 2. The molecule has 1 aromatic rings. The second-order valence-corrected chi connectivity index (χ2v) is 8.91. The first-order chi connectivity index (χ1) is 14.8. The number of hydrogen-bond donors (Lipinski definition) is 1. The second kappa shape index (κ2) is 8.67. The number of carbonyl (C=O) groups excluding carboxylic acids is 4. The fraction of sp³-hybridized carbons (Fsp3) is 0.524. The minimum absolute atomic E-state index is 0.159. The summed E-state index contributed by atoms with van der Waals surface area (Å²) in [4.78, 5) is 50.8. The Balaban J connectivity index is 1.31. The van der Waals surface area contributed by atoms with E-state index in [1.807, 2.05) is 6.92 Å². The van der Waals surface area contributed by atoms with Gasteiger partial charge in [0.1, 0.15) is 12.3 Å². The first kappa shape index (κ1) is 21.9. The van der Waals surface area contributed by atoms with Gasteiger partial charge in [0.05, 0.1) is 34.9 Å². The highest BCUT2D eigenvalue weighted by atomic mass is 35.5. The smallest absolute Gasteiger partial charge is 0.326 e. The zero-order valence-electron chi connectivity index (χ0n) is 16.8. The van der Waals surface area contributed by atoms with Crippen LogP contribution in [0.1, 0.15) is 13.3 Å². The molecule has 1 aliphatic heterocycles. The van der Waals surface area contributed by atoms with Crippen LogP contribution in [0, 0.1) is 23.7 Å². The largest absolute Gasteiger partial charge is 0.492 e. The van der Waals surface area contributed by atoms with Gasteiger partial charge in [0.2, 0.25) is 11.8 Å². The molecule has 10 heteroatoms. The third kappa shape index (κ3) is 3.87. The Morgan fingerprint density at radius 2 is 1.71 bits per heavy atom. The molecule has 2 bridgehead atoms. The van der Waals surface area contributed by atoms with Crippen molar-refractivity contribution in [2.75, 3.05) is 25.1 Å². The summed E-state index contributed by atoms with van der Waals surface area (Å²) in [6, 6.07) is 6.87. The Morgan fingerprint density at radius 1 is 1.10 bits per heavy atom. The molecule has 0 aromatic heterocycles. The number of rotatable bonds is 7. The normalized spacial score (nSPS) is 31.0. The summed E-state index contributed by atoms with van der Waals surface area (Å²) in [6.45, 7) is 1.16. The molecule has 3 fully saturated rings. The van der Waals surface area contributed by atoms with Crippen LogP contribution in [0.2, 0.25) is 0 Å². The summed E-state index contributed by atoms with van der Waals surface area (Å²) in [6.07, 6.45) is 0.650. The molecule has 0 radical (unpaired) electrons. The van der Waals surface area contributed by atoms with E-state index < -0.39 is 48.7 Å². The number of nitrogens with one attached hydrogen (secondary N) is 1. The summed E-state index contributed by atoms with van der Waals surface area (Å²) >= 11 is 12.6. The molecule has 1 heterocycles. The number of likely N-dealkylation sites (tertiary alicyclic amines) is 1. The van der Waals surface area contributed by atoms with Gasteiger partial charge in [0, 0.05) is 0 Å². The van der Waals surface area contributed by atoms with Crippen molar-refractivity contribution in [1.29, 1.82) is 0 Å². The van der Waals surface area contributed by atoms with Gasteiger partial charge in [-0.1, -0.05) is 12.1 Å². The molecule has 3 amide bonds. The van der Waals surface area contributed by atoms with Crippen LogP contribution in [-0.2, 0) is 23.9 Å². The molecule has 1 N–H and O–H groups in total. The van der Waals surface area contributed by atoms with Crippen LogP contribution < -0.4 is 10.1 Å². The number of benzene rings is 1. The van der Waals surface area contributed by atoms with Crippen molar-refractivity contribution >= 4 is 52.6 Å². The summed E-state index contributed by atoms with van der Waals surface area (Å²) in [7, 11) is 0.